The van der Waals surface area contributed by atoms with Crippen molar-refractivity contribution in [3.63, 3.8) is 0 Å². The van der Waals surface area contributed by atoms with Crippen LogP contribution in [0.3, 0.4) is 0 Å². The van der Waals surface area contributed by atoms with Crippen LogP contribution in [-0.2, 0) is 9.53 Å². The van der Waals surface area contributed by atoms with Crippen LogP contribution in [0.2, 0.25) is 0 Å². The summed E-state index contributed by atoms with van der Waals surface area (Å²) in [5.74, 6) is 0.818. The maximum absolute atomic E-state index is 11.3. The molecule has 3 rings (SSSR count). The summed E-state index contributed by atoms with van der Waals surface area (Å²) in [4.78, 5) is 11.3. The van der Waals surface area contributed by atoms with Gasteiger partial charge in [-0.3, -0.25) is 4.79 Å². The average Bonchev–Trinajstić information content (AvgIpc) is 2.18. The second-order valence-corrected chi connectivity index (χ2v) is 4.82. The first-order valence-electron chi connectivity index (χ1n) is 4.72. The SMILES string of the molecule is C[C@@H]1C[C@H]2C[C@@H](OC1=O)C2(C)C. The molecule has 1 aliphatic carbocycles. The molecule has 0 aromatic heterocycles. The summed E-state index contributed by atoms with van der Waals surface area (Å²) in [5.41, 5.74) is 0.237. The van der Waals surface area contributed by atoms with Crippen molar-refractivity contribution >= 4 is 5.97 Å². The zero-order valence-corrected chi connectivity index (χ0v) is 7.96. The van der Waals surface area contributed by atoms with Crippen LogP contribution < -0.4 is 0 Å². The molecule has 3 fully saturated rings. The summed E-state index contributed by atoms with van der Waals surface area (Å²) >= 11 is 0. The number of hydrogen-bond acceptors (Lipinski definition) is 2. The molecule has 12 heavy (non-hydrogen) atoms. The first-order valence-corrected chi connectivity index (χ1v) is 4.72. The highest BCUT2D eigenvalue weighted by Gasteiger charge is 2.53. The molecule has 0 amide bonds. The third-order valence-electron chi connectivity index (χ3n) is 3.68. The molecule has 0 aromatic carbocycles. The second-order valence-electron chi connectivity index (χ2n) is 4.82. The Morgan fingerprint density at radius 3 is 2.67 bits per heavy atom. The fraction of sp³-hybridized carbons (Fsp3) is 0.900. The fourth-order valence-electron chi connectivity index (χ4n) is 2.35. The zero-order chi connectivity index (χ0) is 8.93. The van der Waals surface area contributed by atoms with Crippen LogP contribution in [0.5, 0.6) is 0 Å². The van der Waals surface area contributed by atoms with Crippen molar-refractivity contribution in [2.24, 2.45) is 17.3 Å². The molecule has 2 aliphatic heterocycles. The number of esters is 1. The Hall–Kier alpha value is -0.530. The summed E-state index contributed by atoms with van der Waals surface area (Å²) < 4.78 is 5.37. The van der Waals surface area contributed by atoms with E-state index in [0.29, 0.717) is 5.92 Å². The van der Waals surface area contributed by atoms with Gasteiger partial charge >= 0.3 is 5.97 Å². The highest BCUT2D eigenvalue weighted by Crippen LogP contribution is 2.53. The summed E-state index contributed by atoms with van der Waals surface area (Å²) in [5, 5.41) is 0. The van der Waals surface area contributed by atoms with Gasteiger partial charge in [0.25, 0.3) is 0 Å². The average molecular weight is 168 g/mol. The molecule has 2 nitrogen and oxygen atoms in total. The van der Waals surface area contributed by atoms with Crippen molar-refractivity contribution in [1.82, 2.24) is 0 Å². The lowest BCUT2D eigenvalue weighted by atomic mass is 9.58. The molecular weight excluding hydrogens is 152 g/mol. The minimum absolute atomic E-state index is 0.00748. The van der Waals surface area contributed by atoms with E-state index in [1.165, 1.54) is 0 Å². The number of carbonyl (C=O) groups excluding carboxylic acids is 1. The molecule has 3 aliphatic rings. The van der Waals surface area contributed by atoms with Crippen LogP contribution in [0.25, 0.3) is 0 Å². The van der Waals surface area contributed by atoms with Gasteiger partial charge in [-0.1, -0.05) is 20.8 Å². The molecular formula is C10H16O2. The molecule has 1 saturated carbocycles. The number of rotatable bonds is 0. The van der Waals surface area contributed by atoms with Gasteiger partial charge in [-0.25, -0.2) is 0 Å². The van der Waals surface area contributed by atoms with Crippen LogP contribution in [0, 0.1) is 17.3 Å². The molecule has 0 radical (unpaired) electrons. The molecule has 68 valence electrons. The van der Waals surface area contributed by atoms with Gasteiger partial charge in [0, 0.05) is 5.41 Å². The first kappa shape index (κ1) is 8.09. The largest absolute Gasteiger partial charge is 0.462 e. The number of carbonyl (C=O) groups is 1. The topological polar surface area (TPSA) is 26.3 Å². The van der Waals surface area contributed by atoms with Crippen LogP contribution >= 0.6 is 0 Å². The highest BCUT2D eigenvalue weighted by molar-refractivity contribution is 5.73. The van der Waals surface area contributed by atoms with Crippen molar-refractivity contribution < 1.29 is 9.53 Å². The molecule has 3 atom stereocenters. The van der Waals surface area contributed by atoms with Gasteiger partial charge < -0.3 is 4.74 Å². The highest BCUT2D eigenvalue weighted by atomic mass is 16.5. The molecule has 2 bridgehead atoms. The molecule has 2 heteroatoms. The Labute approximate surface area is 73.3 Å². The van der Waals surface area contributed by atoms with Crippen molar-refractivity contribution in [1.29, 1.82) is 0 Å². The zero-order valence-electron chi connectivity index (χ0n) is 7.96. The van der Waals surface area contributed by atoms with Crippen molar-refractivity contribution in [2.45, 2.75) is 39.7 Å². The minimum Gasteiger partial charge on any atom is -0.462 e. The van der Waals surface area contributed by atoms with Crippen LogP contribution in [0.15, 0.2) is 0 Å². The Morgan fingerprint density at radius 2 is 2.08 bits per heavy atom. The second kappa shape index (κ2) is 2.24. The molecule has 0 N–H and O–H groups in total. The van der Waals surface area contributed by atoms with Gasteiger partial charge in [-0.2, -0.15) is 0 Å². The quantitative estimate of drug-likeness (QED) is 0.517. The predicted molar refractivity (Wildman–Crippen MR) is 45.5 cm³/mol. The smallest absolute Gasteiger partial charge is 0.308 e. The first-order chi connectivity index (χ1) is 5.51. The summed E-state index contributed by atoms with van der Waals surface area (Å²) in [6.07, 6.45) is 2.30. The van der Waals surface area contributed by atoms with Gasteiger partial charge in [-0.15, -0.1) is 0 Å². The van der Waals surface area contributed by atoms with Crippen LogP contribution in [0.4, 0.5) is 0 Å². The van der Waals surface area contributed by atoms with Gasteiger partial charge in [0.15, 0.2) is 0 Å². The van der Waals surface area contributed by atoms with E-state index in [4.69, 9.17) is 4.74 Å². The van der Waals surface area contributed by atoms with E-state index in [2.05, 4.69) is 13.8 Å². The van der Waals surface area contributed by atoms with Crippen molar-refractivity contribution in [2.75, 3.05) is 0 Å². The third kappa shape index (κ3) is 0.900. The fourth-order valence-corrected chi connectivity index (χ4v) is 2.35. The standard InChI is InChI=1S/C10H16O2/c1-6-4-7-5-8(10(7,2)3)12-9(6)11/h6-8H,4-5H2,1-3H3/t6-,7+,8-/m1/s1. The molecule has 0 aromatic rings. The van der Waals surface area contributed by atoms with Crippen LogP contribution in [0.1, 0.15) is 33.6 Å². The van der Waals surface area contributed by atoms with E-state index in [0.717, 1.165) is 12.8 Å². The van der Waals surface area contributed by atoms with E-state index < -0.39 is 0 Å². The predicted octanol–water partition coefficient (Wildman–Crippen LogP) is 1.98. The third-order valence-corrected chi connectivity index (χ3v) is 3.68. The Balaban J connectivity index is 2.20. The Kier molecular flexibility index (Phi) is 1.51. The monoisotopic (exact) mass is 168 g/mol. The van der Waals surface area contributed by atoms with Gasteiger partial charge in [-0.05, 0) is 18.8 Å². The minimum atomic E-state index is 0.00748. The summed E-state index contributed by atoms with van der Waals surface area (Å²) in [6, 6.07) is 0. The molecule has 2 heterocycles. The Bertz CT molecular complexity index is 220. The van der Waals surface area contributed by atoms with Crippen molar-refractivity contribution in [3.8, 4) is 0 Å². The maximum Gasteiger partial charge on any atom is 0.308 e. The number of hydrogen-bond donors (Lipinski definition) is 0. The van der Waals surface area contributed by atoms with E-state index >= 15 is 0 Å². The Morgan fingerprint density at radius 1 is 1.42 bits per heavy atom. The van der Waals surface area contributed by atoms with E-state index in [9.17, 15) is 4.79 Å². The summed E-state index contributed by atoms with van der Waals surface area (Å²) in [6.45, 7) is 6.38. The van der Waals surface area contributed by atoms with Gasteiger partial charge in [0.05, 0.1) is 5.92 Å². The molecule has 2 saturated heterocycles. The van der Waals surface area contributed by atoms with Crippen molar-refractivity contribution in [3.05, 3.63) is 0 Å². The summed E-state index contributed by atoms with van der Waals surface area (Å²) in [7, 11) is 0. The van der Waals surface area contributed by atoms with E-state index in [1.807, 2.05) is 6.92 Å². The lowest BCUT2D eigenvalue weighted by Crippen LogP contribution is -2.49. The van der Waals surface area contributed by atoms with E-state index in [1.54, 1.807) is 0 Å². The van der Waals surface area contributed by atoms with Crippen LogP contribution in [-0.4, -0.2) is 12.1 Å². The number of fused-ring (bicyclic) bond motifs is 3. The molecule has 0 unspecified atom stereocenters. The molecule has 0 spiro atoms. The van der Waals surface area contributed by atoms with E-state index in [-0.39, 0.29) is 23.4 Å². The van der Waals surface area contributed by atoms with Gasteiger partial charge in [0.1, 0.15) is 6.10 Å². The normalized spacial score (nSPS) is 44.2. The maximum atomic E-state index is 11.3. The van der Waals surface area contributed by atoms with Gasteiger partial charge in [0.2, 0.25) is 0 Å². The lowest BCUT2D eigenvalue weighted by Gasteiger charge is -2.49. The lowest BCUT2D eigenvalue weighted by molar-refractivity contribution is -0.167. The number of ether oxygens (including phenoxy) is 1.